The normalized spacial score (nSPS) is 25.6. The van der Waals surface area contributed by atoms with Gasteiger partial charge in [0, 0.05) is 6.04 Å². The lowest BCUT2D eigenvalue weighted by Crippen LogP contribution is -2.21. The fraction of sp³-hybridized carbons (Fsp3) is 0.600. The van der Waals surface area contributed by atoms with Gasteiger partial charge < -0.3 is 14.8 Å². The number of ether oxygens (including phenoxy) is 2. The number of rotatable bonds is 3. The largest absolute Gasteiger partial charge is 0.486 e. The van der Waals surface area contributed by atoms with Gasteiger partial charge in [-0.3, -0.25) is 0 Å². The van der Waals surface area contributed by atoms with Gasteiger partial charge in [-0.1, -0.05) is 19.9 Å². The van der Waals surface area contributed by atoms with E-state index in [2.05, 4.69) is 31.3 Å². The maximum atomic E-state index is 5.66. The molecule has 1 aromatic carbocycles. The highest BCUT2D eigenvalue weighted by atomic mass is 16.6. The second-order valence-electron chi connectivity index (χ2n) is 5.97. The molecule has 1 saturated carbocycles. The molecule has 18 heavy (non-hydrogen) atoms. The molecule has 1 heterocycles. The summed E-state index contributed by atoms with van der Waals surface area (Å²) in [7, 11) is 2.04. The summed E-state index contributed by atoms with van der Waals surface area (Å²) in [6.45, 7) is 5.97. The van der Waals surface area contributed by atoms with Crippen molar-refractivity contribution in [2.45, 2.75) is 26.3 Å². The topological polar surface area (TPSA) is 30.5 Å². The van der Waals surface area contributed by atoms with Crippen molar-refractivity contribution in [3.63, 3.8) is 0 Å². The van der Waals surface area contributed by atoms with Crippen molar-refractivity contribution in [1.82, 2.24) is 5.32 Å². The van der Waals surface area contributed by atoms with E-state index >= 15 is 0 Å². The van der Waals surface area contributed by atoms with Crippen LogP contribution in [-0.4, -0.2) is 20.3 Å². The van der Waals surface area contributed by atoms with Gasteiger partial charge in [-0.05, 0) is 42.5 Å². The molecule has 1 fully saturated rings. The molecule has 3 rings (SSSR count). The first-order valence-corrected chi connectivity index (χ1v) is 6.68. The van der Waals surface area contributed by atoms with E-state index < -0.39 is 0 Å². The highest BCUT2D eigenvalue weighted by Gasteiger charge is 2.50. The molecule has 0 radical (unpaired) electrons. The quantitative estimate of drug-likeness (QED) is 0.891. The Morgan fingerprint density at radius 1 is 1.22 bits per heavy atom. The molecule has 3 heteroatoms. The molecule has 3 nitrogen and oxygen atoms in total. The van der Waals surface area contributed by atoms with Gasteiger partial charge in [-0.2, -0.15) is 0 Å². The van der Waals surface area contributed by atoms with Crippen molar-refractivity contribution in [2.24, 2.45) is 11.3 Å². The van der Waals surface area contributed by atoms with Gasteiger partial charge in [-0.15, -0.1) is 0 Å². The minimum absolute atomic E-state index is 0.413. The summed E-state index contributed by atoms with van der Waals surface area (Å²) in [6.07, 6.45) is 1.28. The van der Waals surface area contributed by atoms with Crippen molar-refractivity contribution in [2.75, 3.05) is 20.3 Å². The zero-order valence-corrected chi connectivity index (χ0v) is 11.3. The Labute approximate surface area is 108 Å². The van der Waals surface area contributed by atoms with Crippen molar-refractivity contribution in [3.05, 3.63) is 23.8 Å². The molecule has 0 bridgehead atoms. The van der Waals surface area contributed by atoms with Crippen LogP contribution >= 0.6 is 0 Å². The van der Waals surface area contributed by atoms with Gasteiger partial charge >= 0.3 is 0 Å². The Kier molecular flexibility index (Phi) is 2.74. The monoisotopic (exact) mass is 247 g/mol. The van der Waals surface area contributed by atoms with Crippen LogP contribution < -0.4 is 14.8 Å². The van der Waals surface area contributed by atoms with Gasteiger partial charge in [0.1, 0.15) is 13.2 Å². The van der Waals surface area contributed by atoms with Crippen LogP contribution in [0.5, 0.6) is 11.5 Å². The van der Waals surface area contributed by atoms with Crippen molar-refractivity contribution in [3.8, 4) is 11.5 Å². The molecule has 0 spiro atoms. The lowest BCUT2D eigenvalue weighted by Gasteiger charge is -2.23. The maximum absolute atomic E-state index is 5.66. The van der Waals surface area contributed by atoms with E-state index in [1.165, 1.54) is 12.0 Å². The third-order valence-corrected chi connectivity index (χ3v) is 4.23. The molecule has 2 aliphatic rings. The van der Waals surface area contributed by atoms with Crippen LogP contribution in [0.15, 0.2) is 18.2 Å². The van der Waals surface area contributed by atoms with Gasteiger partial charge in [-0.25, -0.2) is 0 Å². The molecule has 0 saturated heterocycles. The third-order valence-electron chi connectivity index (χ3n) is 4.23. The van der Waals surface area contributed by atoms with Crippen molar-refractivity contribution in [1.29, 1.82) is 0 Å². The smallest absolute Gasteiger partial charge is 0.161 e. The molecule has 2 atom stereocenters. The molecule has 1 aliphatic carbocycles. The van der Waals surface area contributed by atoms with Crippen LogP contribution in [0.3, 0.4) is 0 Å². The average Bonchev–Trinajstić information content (AvgIpc) is 2.99. The van der Waals surface area contributed by atoms with Crippen LogP contribution in [0.4, 0.5) is 0 Å². The van der Waals surface area contributed by atoms with Crippen LogP contribution in [0.1, 0.15) is 31.9 Å². The molecule has 1 N–H and O–H groups in total. The third kappa shape index (κ3) is 1.97. The second kappa shape index (κ2) is 4.16. The highest BCUT2D eigenvalue weighted by molar-refractivity contribution is 5.45. The van der Waals surface area contributed by atoms with E-state index in [-0.39, 0.29) is 0 Å². The lowest BCUT2D eigenvalue weighted by atomic mass is 9.97. The number of nitrogens with one attached hydrogen (secondary N) is 1. The highest BCUT2D eigenvalue weighted by Crippen LogP contribution is 2.58. The maximum Gasteiger partial charge on any atom is 0.161 e. The molecular formula is C15H21NO2. The molecule has 0 amide bonds. The van der Waals surface area contributed by atoms with Crippen LogP contribution in [0, 0.1) is 11.3 Å². The average molecular weight is 247 g/mol. The van der Waals surface area contributed by atoms with E-state index in [0.29, 0.717) is 30.6 Å². The Bertz CT molecular complexity index is 456. The lowest BCUT2D eigenvalue weighted by molar-refractivity contribution is 0.171. The zero-order valence-electron chi connectivity index (χ0n) is 11.3. The Morgan fingerprint density at radius 2 is 1.89 bits per heavy atom. The first-order valence-electron chi connectivity index (χ1n) is 6.68. The van der Waals surface area contributed by atoms with Gasteiger partial charge in [0.05, 0.1) is 0 Å². The number of fused-ring (bicyclic) bond motifs is 1. The summed E-state index contributed by atoms with van der Waals surface area (Å²) >= 11 is 0. The predicted octanol–water partition coefficient (Wildman–Crippen LogP) is 2.76. The standard InChI is InChI=1S/C15H21NO2/c1-15(2)9-11(15)14(16-3)10-4-5-12-13(8-10)18-7-6-17-12/h4-5,8,11,14,16H,6-7,9H2,1-3H3. The Morgan fingerprint density at radius 3 is 2.50 bits per heavy atom. The molecule has 1 aliphatic heterocycles. The molecular weight excluding hydrogens is 226 g/mol. The van der Waals surface area contributed by atoms with Crippen molar-refractivity contribution < 1.29 is 9.47 Å². The van der Waals surface area contributed by atoms with E-state index in [1.54, 1.807) is 0 Å². The van der Waals surface area contributed by atoms with Gasteiger partial charge in [0.25, 0.3) is 0 Å². The Hall–Kier alpha value is -1.22. The molecule has 98 valence electrons. The first kappa shape index (κ1) is 11.8. The van der Waals surface area contributed by atoms with Crippen molar-refractivity contribution >= 4 is 0 Å². The summed E-state index contributed by atoms with van der Waals surface area (Å²) in [5, 5.41) is 3.45. The minimum Gasteiger partial charge on any atom is -0.486 e. The van der Waals surface area contributed by atoms with Crippen LogP contribution in [0.2, 0.25) is 0 Å². The summed E-state index contributed by atoms with van der Waals surface area (Å²) in [4.78, 5) is 0. The minimum atomic E-state index is 0.413. The fourth-order valence-corrected chi connectivity index (χ4v) is 2.93. The summed E-state index contributed by atoms with van der Waals surface area (Å²) in [5.41, 5.74) is 1.76. The Balaban J connectivity index is 1.87. The number of hydrogen-bond donors (Lipinski definition) is 1. The zero-order chi connectivity index (χ0) is 12.8. The van der Waals surface area contributed by atoms with E-state index in [4.69, 9.17) is 9.47 Å². The first-order chi connectivity index (χ1) is 8.62. The molecule has 1 aromatic rings. The van der Waals surface area contributed by atoms with E-state index in [9.17, 15) is 0 Å². The van der Waals surface area contributed by atoms with Crippen LogP contribution in [0.25, 0.3) is 0 Å². The summed E-state index contributed by atoms with van der Waals surface area (Å²) in [5.74, 6) is 2.47. The molecule has 0 aromatic heterocycles. The second-order valence-corrected chi connectivity index (χ2v) is 5.97. The van der Waals surface area contributed by atoms with E-state index in [0.717, 1.165) is 11.5 Å². The van der Waals surface area contributed by atoms with Gasteiger partial charge in [0.2, 0.25) is 0 Å². The SMILES string of the molecule is CNC(c1ccc2c(c1)OCCO2)C1CC1(C)C. The number of benzene rings is 1. The fourth-order valence-electron chi connectivity index (χ4n) is 2.93. The summed E-state index contributed by atoms with van der Waals surface area (Å²) < 4.78 is 11.2. The predicted molar refractivity (Wildman–Crippen MR) is 71.1 cm³/mol. The van der Waals surface area contributed by atoms with E-state index in [1.807, 2.05) is 13.1 Å². The molecule has 2 unspecified atom stereocenters. The van der Waals surface area contributed by atoms with Crippen LogP contribution in [-0.2, 0) is 0 Å². The van der Waals surface area contributed by atoms with Gasteiger partial charge in [0.15, 0.2) is 11.5 Å². The summed E-state index contributed by atoms with van der Waals surface area (Å²) in [6, 6.07) is 6.73. The number of hydrogen-bond acceptors (Lipinski definition) is 3.